The van der Waals surface area contributed by atoms with Crippen molar-refractivity contribution in [3.8, 4) is 11.4 Å². The monoisotopic (exact) mass is 374 g/mol. The fourth-order valence-electron chi connectivity index (χ4n) is 2.99. The maximum Gasteiger partial charge on any atom is 0.141 e. The van der Waals surface area contributed by atoms with Gasteiger partial charge in [0, 0.05) is 28.2 Å². The molecule has 3 aromatic carbocycles. The van der Waals surface area contributed by atoms with E-state index in [1.165, 1.54) is 0 Å². The Morgan fingerprint density at radius 1 is 0.963 bits per heavy atom. The number of fused-ring (bicyclic) bond motifs is 1. The highest BCUT2D eigenvalue weighted by Gasteiger charge is 2.12. The molecule has 0 aliphatic heterocycles. The van der Waals surface area contributed by atoms with Gasteiger partial charge in [-0.3, -0.25) is 0 Å². The number of hydrogen-bond acceptors (Lipinski definition) is 3. The van der Waals surface area contributed by atoms with Gasteiger partial charge in [0.2, 0.25) is 0 Å². The quantitative estimate of drug-likeness (QED) is 0.500. The maximum atomic E-state index is 6.30. The third kappa shape index (κ3) is 3.81. The molecule has 0 saturated heterocycles. The number of halogens is 1. The number of para-hydroxylation sites is 2. The van der Waals surface area contributed by atoms with Crippen LogP contribution in [0.2, 0.25) is 5.02 Å². The molecule has 5 heteroatoms. The second-order valence-corrected chi connectivity index (χ2v) is 6.68. The van der Waals surface area contributed by atoms with Gasteiger partial charge in [-0.05, 0) is 36.4 Å². The Kier molecular flexibility index (Phi) is 4.81. The minimum Gasteiger partial charge on any atom is -0.399 e. The van der Waals surface area contributed by atoms with E-state index in [0.29, 0.717) is 17.3 Å². The third-order valence-corrected chi connectivity index (χ3v) is 4.55. The molecule has 4 rings (SSSR count). The predicted molar refractivity (Wildman–Crippen MR) is 113 cm³/mol. The van der Waals surface area contributed by atoms with E-state index in [0.717, 1.165) is 28.1 Å². The second-order valence-electron chi connectivity index (χ2n) is 6.25. The van der Waals surface area contributed by atoms with E-state index in [4.69, 9.17) is 22.3 Å². The van der Waals surface area contributed by atoms with E-state index in [9.17, 15) is 0 Å². The summed E-state index contributed by atoms with van der Waals surface area (Å²) in [5, 5.41) is 3.92. The fraction of sp³-hybridized carbons (Fsp3) is 0.0455. The molecule has 0 aliphatic rings. The highest BCUT2D eigenvalue weighted by molar-refractivity contribution is 6.30. The first-order valence-electron chi connectivity index (χ1n) is 8.68. The third-order valence-electron chi connectivity index (χ3n) is 4.30. The summed E-state index contributed by atoms with van der Waals surface area (Å²) in [7, 11) is 0. The van der Waals surface area contributed by atoms with Gasteiger partial charge in [-0.2, -0.15) is 0 Å². The van der Waals surface area contributed by atoms with E-state index in [-0.39, 0.29) is 0 Å². The summed E-state index contributed by atoms with van der Waals surface area (Å²) in [5.74, 6) is 0.902. The topological polar surface area (TPSA) is 55.9 Å². The van der Waals surface area contributed by atoms with Crippen LogP contribution in [-0.4, -0.2) is 9.55 Å². The average molecular weight is 375 g/mol. The van der Waals surface area contributed by atoms with Gasteiger partial charge in [0.1, 0.15) is 5.82 Å². The number of nitrogens with one attached hydrogen (secondary N) is 1. The normalized spacial score (nSPS) is 11.7. The number of benzene rings is 3. The van der Waals surface area contributed by atoms with Crippen LogP contribution in [0.1, 0.15) is 0 Å². The molecule has 0 fully saturated rings. The number of rotatable bonds is 5. The van der Waals surface area contributed by atoms with Crippen molar-refractivity contribution in [2.45, 2.75) is 6.54 Å². The van der Waals surface area contributed by atoms with E-state index in [1.54, 1.807) is 0 Å². The van der Waals surface area contributed by atoms with Crippen LogP contribution < -0.4 is 11.1 Å². The van der Waals surface area contributed by atoms with Crippen LogP contribution in [0.15, 0.2) is 90.8 Å². The Bertz CT molecular complexity index is 1080. The predicted octanol–water partition coefficient (Wildman–Crippen LogP) is 5.27. The van der Waals surface area contributed by atoms with E-state index >= 15 is 0 Å². The zero-order chi connectivity index (χ0) is 18.6. The van der Waals surface area contributed by atoms with Crippen LogP contribution in [0.25, 0.3) is 22.4 Å². The lowest BCUT2D eigenvalue weighted by atomic mass is 10.2. The van der Waals surface area contributed by atoms with Crippen LogP contribution in [0, 0.1) is 0 Å². The van der Waals surface area contributed by atoms with Gasteiger partial charge in [-0.1, -0.05) is 54.1 Å². The molecule has 1 aromatic heterocycles. The number of nitrogens with zero attached hydrogens (tertiary/aromatic N) is 2. The number of anilines is 1. The molecule has 0 saturated carbocycles. The molecule has 0 bridgehead atoms. The van der Waals surface area contributed by atoms with Gasteiger partial charge < -0.3 is 15.6 Å². The molecule has 4 aromatic rings. The highest BCUT2D eigenvalue weighted by atomic mass is 35.5. The molecule has 0 aliphatic carbocycles. The Labute approximate surface area is 162 Å². The van der Waals surface area contributed by atoms with Crippen LogP contribution in [0.4, 0.5) is 5.69 Å². The molecule has 27 heavy (non-hydrogen) atoms. The second kappa shape index (κ2) is 7.56. The van der Waals surface area contributed by atoms with Gasteiger partial charge >= 0.3 is 0 Å². The molecule has 0 amide bonds. The molecular weight excluding hydrogens is 356 g/mol. The molecule has 4 nitrogen and oxygen atoms in total. The van der Waals surface area contributed by atoms with Crippen LogP contribution in [0.3, 0.4) is 0 Å². The van der Waals surface area contributed by atoms with Gasteiger partial charge in [-0.15, -0.1) is 0 Å². The fourth-order valence-corrected chi connectivity index (χ4v) is 3.12. The summed E-state index contributed by atoms with van der Waals surface area (Å²) in [4.78, 5) is 4.81. The Morgan fingerprint density at radius 2 is 1.67 bits per heavy atom. The summed E-state index contributed by atoms with van der Waals surface area (Å²) in [6.07, 6.45) is 1.81. The molecule has 3 N–H and O–H groups in total. The largest absolute Gasteiger partial charge is 0.399 e. The van der Waals surface area contributed by atoms with Crippen molar-refractivity contribution >= 4 is 28.3 Å². The zero-order valence-electron chi connectivity index (χ0n) is 14.6. The average Bonchev–Trinajstić information content (AvgIpc) is 3.07. The number of hydrogen-bond donors (Lipinski definition) is 2. The van der Waals surface area contributed by atoms with Crippen molar-refractivity contribution in [1.29, 1.82) is 0 Å². The standard InChI is InChI=1S/C22H19ClN4/c23-17-10-12-19(13-11-17)25-14-18(24)15-27-21-9-5-4-8-20(21)26-22(27)16-6-2-1-3-7-16/h1-14,25H,15,24H2/b18-14-. The highest BCUT2D eigenvalue weighted by Crippen LogP contribution is 2.25. The first-order valence-corrected chi connectivity index (χ1v) is 9.06. The first kappa shape index (κ1) is 17.2. The first-order chi connectivity index (χ1) is 13.2. The van der Waals surface area contributed by atoms with Crippen molar-refractivity contribution in [1.82, 2.24) is 9.55 Å². The Morgan fingerprint density at radius 3 is 2.44 bits per heavy atom. The molecule has 134 valence electrons. The van der Waals surface area contributed by atoms with Crippen molar-refractivity contribution in [2.24, 2.45) is 5.73 Å². The summed E-state index contributed by atoms with van der Waals surface area (Å²) >= 11 is 5.92. The lowest BCUT2D eigenvalue weighted by molar-refractivity contribution is 0.807. The van der Waals surface area contributed by atoms with E-state index in [2.05, 4.69) is 28.1 Å². The number of allylic oxidation sites excluding steroid dienone is 1. The number of aromatic nitrogens is 2. The van der Waals surface area contributed by atoms with Crippen LogP contribution in [0.5, 0.6) is 0 Å². The molecule has 0 unspecified atom stereocenters. The zero-order valence-corrected chi connectivity index (χ0v) is 15.4. The summed E-state index contributed by atoms with van der Waals surface area (Å²) in [6.45, 7) is 0.533. The minimum atomic E-state index is 0.533. The number of nitrogens with two attached hydrogens (primary N) is 1. The Balaban J connectivity index is 1.66. The smallest absolute Gasteiger partial charge is 0.141 e. The van der Waals surface area contributed by atoms with Gasteiger partial charge in [0.25, 0.3) is 0 Å². The SMILES string of the molecule is N/C(=C\Nc1ccc(Cl)cc1)Cn1c(-c2ccccc2)nc2ccccc21. The van der Waals surface area contributed by atoms with E-state index < -0.39 is 0 Å². The van der Waals surface area contributed by atoms with Gasteiger partial charge in [-0.25, -0.2) is 4.98 Å². The number of imidazole rings is 1. The summed E-state index contributed by atoms with van der Waals surface area (Å²) < 4.78 is 2.14. The molecule has 0 spiro atoms. The van der Waals surface area contributed by atoms with Gasteiger partial charge in [0.05, 0.1) is 17.6 Å². The minimum absolute atomic E-state index is 0.533. The lowest BCUT2D eigenvalue weighted by Gasteiger charge is -2.10. The van der Waals surface area contributed by atoms with Gasteiger partial charge in [0.15, 0.2) is 0 Å². The molecular formula is C22H19ClN4. The molecule has 0 atom stereocenters. The van der Waals surface area contributed by atoms with Crippen LogP contribution >= 0.6 is 11.6 Å². The molecule has 1 heterocycles. The van der Waals surface area contributed by atoms with Crippen LogP contribution in [-0.2, 0) is 6.54 Å². The maximum absolute atomic E-state index is 6.30. The van der Waals surface area contributed by atoms with Crippen molar-refractivity contribution in [2.75, 3.05) is 5.32 Å². The van der Waals surface area contributed by atoms with Crippen molar-refractivity contribution < 1.29 is 0 Å². The van der Waals surface area contributed by atoms with Crippen molar-refractivity contribution in [3.05, 3.63) is 95.8 Å². The summed E-state index contributed by atoms with van der Waals surface area (Å²) in [6, 6.07) is 25.7. The molecule has 0 radical (unpaired) electrons. The lowest BCUT2D eigenvalue weighted by Crippen LogP contribution is -2.11. The Hall–Kier alpha value is -3.24. The summed E-state index contributed by atoms with van der Waals surface area (Å²) in [5.41, 5.74) is 11.0. The van der Waals surface area contributed by atoms with Crippen molar-refractivity contribution in [3.63, 3.8) is 0 Å². The van der Waals surface area contributed by atoms with E-state index in [1.807, 2.05) is 66.9 Å².